The number of carbonyl (C=O) groups is 1. The Bertz CT molecular complexity index is 547. The molecule has 4 atom stereocenters. The first kappa shape index (κ1) is 15.6. The number of nitrogens with zero attached hydrogens (tertiary/aromatic N) is 1. The van der Waals surface area contributed by atoms with Crippen LogP contribution < -0.4 is 0 Å². The third kappa shape index (κ3) is 3.07. The molecular weight excluding hydrogens is 278 g/mol. The number of amides is 1. The first-order valence-electron chi connectivity index (χ1n) is 8.30. The number of furan rings is 1. The van der Waals surface area contributed by atoms with Crippen molar-refractivity contribution < 1.29 is 13.9 Å². The number of hydrogen-bond acceptors (Lipinski definition) is 3. The van der Waals surface area contributed by atoms with E-state index in [0.29, 0.717) is 13.1 Å². The zero-order valence-corrected chi connectivity index (χ0v) is 14.3. The second kappa shape index (κ2) is 5.41. The molecule has 2 aliphatic rings. The Morgan fingerprint density at radius 2 is 1.82 bits per heavy atom. The molecule has 1 aromatic rings. The van der Waals surface area contributed by atoms with Crippen molar-refractivity contribution in [3.05, 3.63) is 23.7 Å². The van der Waals surface area contributed by atoms with Crippen molar-refractivity contribution in [3.63, 3.8) is 0 Å². The maximum atomic E-state index is 12.7. The van der Waals surface area contributed by atoms with Crippen LogP contribution in [0.15, 0.2) is 16.5 Å². The van der Waals surface area contributed by atoms with E-state index in [4.69, 9.17) is 9.15 Å². The van der Waals surface area contributed by atoms with Crippen molar-refractivity contribution in [1.29, 1.82) is 0 Å². The fraction of sp³-hybridized carbons (Fsp3) is 0.722. The summed E-state index contributed by atoms with van der Waals surface area (Å²) in [6.07, 6.45) is 1.16. The molecule has 1 saturated heterocycles. The molecule has 2 fully saturated rings. The van der Waals surface area contributed by atoms with Crippen LogP contribution in [0.25, 0.3) is 0 Å². The van der Waals surface area contributed by atoms with Crippen LogP contribution in [0.4, 0.5) is 0 Å². The Morgan fingerprint density at radius 1 is 1.18 bits per heavy atom. The lowest BCUT2D eigenvalue weighted by atomic mass is 9.94. The fourth-order valence-electron chi connectivity index (χ4n) is 3.33. The maximum Gasteiger partial charge on any atom is 0.226 e. The average Bonchev–Trinajstić information content (AvgIpc) is 3.03. The second-order valence-corrected chi connectivity index (χ2v) is 7.90. The van der Waals surface area contributed by atoms with Gasteiger partial charge in [-0.25, -0.2) is 0 Å². The van der Waals surface area contributed by atoms with Crippen molar-refractivity contribution in [1.82, 2.24) is 4.90 Å². The molecule has 4 heteroatoms. The molecule has 1 aliphatic heterocycles. The fourth-order valence-corrected chi connectivity index (χ4v) is 3.33. The number of carbonyl (C=O) groups excluding carboxylic acids is 1. The zero-order valence-electron chi connectivity index (χ0n) is 14.3. The highest BCUT2D eigenvalue weighted by Gasteiger charge is 2.48. The van der Waals surface area contributed by atoms with Gasteiger partial charge in [0, 0.05) is 30.3 Å². The summed E-state index contributed by atoms with van der Waals surface area (Å²) < 4.78 is 11.7. The lowest BCUT2D eigenvalue weighted by Gasteiger charge is -2.35. The van der Waals surface area contributed by atoms with Gasteiger partial charge in [-0.1, -0.05) is 20.8 Å². The Balaban J connectivity index is 1.64. The van der Waals surface area contributed by atoms with E-state index >= 15 is 0 Å². The zero-order chi connectivity index (χ0) is 16.1. The summed E-state index contributed by atoms with van der Waals surface area (Å²) in [7, 11) is 0. The van der Waals surface area contributed by atoms with Crippen LogP contribution in [0.3, 0.4) is 0 Å². The summed E-state index contributed by atoms with van der Waals surface area (Å²) >= 11 is 0. The summed E-state index contributed by atoms with van der Waals surface area (Å²) in [4.78, 5) is 14.6. The van der Waals surface area contributed by atoms with Crippen LogP contribution in [0.1, 0.15) is 58.5 Å². The number of hydrogen-bond donors (Lipinski definition) is 0. The van der Waals surface area contributed by atoms with Crippen molar-refractivity contribution in [3.8, 4) is 0 Å². The van der Waals surface area contributed by atoms with E-state index in [9.17, 15) is 4.79 Å². The number of rotatable bonds is 2. The maximum absolute atomic E-state index is 12.7. The molecule has 0 radical (unpaired) electrons. The quantitative estimate of drug-likeness (QED) is 0.842. The highest BCUT2D eigenvalue weighted by atomic mass is 16.5. The highest BCUT2D eigenvalue weighted by molar-refractivity contribution is 5.83. The second-order valence-electron chi connectivity index (χ2n) is 7.90. The summed E-state index contributed by atoms with van der Waals surface area (Å²) in [5.74, 6) is 2.58. The Kier molecular flexibility index (Phi) is 3.84. The summed E-state index contributed by atoms with van der Waals surface area (Å²) in [6, 6.07) is 4.09. The van der Waals surface area contributed by atoms with E-state index in [1.165, 1.54) is 0 Å². The molecule has 122 valence electrons. The van der Waals surface area contributed by atoms with Crippen molar-refractivity contribution in [2.45, 2.75) is 64.6 Å². The van der Waals surface area contributed by atoms with E-state index in [-0.39, 0.29) is 35.4 Å². The van der Waals surface area contributed by atoms with Crippen molar-refractivity contribution in [2.24, 2.45) is 5.92 Å². The molecule has 2 unspecified atom stereocenters. The van der Waals surface area contributed by atoms with Crippen LogP contribution in [0.2, 0.25) is 0 Å². The molecule has 1 aliphatic carbocycles. The lowest BCUT2D eigenvalue weighted by Crippen LogP contribution is -2.48. The summed E-state index contributed by atoms with van der Waals surface area (Å²) in [6.45, 7) is 11.9. The molecular formula is C18H27NO3. The monoisotopic (exact) mass is 305 g/mol. The Labute approximate surface area is 132 Å². The van der Waals surface area contributed by atoms with Gasteiger partial charge in [-0.3, -0.25) is 4.79 Å². The topological polar surface area (TPSA) is 42.7 Å². The third-order valence-corrected chi connectivity index (χ3v) is 4.57. The molecule has 1 saturated carbocycles. The van der Waals surface area contributed by atoms with Gasteiger partial charge in [-0.2, -0.15) is 0 Å². The van der Waals surface area contributed by atoms with Gasteiger partial charge < -0.3 is 14.1 Å². The SMILES string of the molecule is CC1CN(C(=O)[C@@H]2C[C@@H]2c2ccc(C(C)(C)C)o2)CC(C)O1. The predicted molar refractivity (Wildman–Crippen MR) is 84.8 cm³/mol. The van der Waals surface area contributed by atoms with Crippen LogP contribution in [0, 0.1) is 5.92 Å². The normalized spacial score (nSPS) is 32.1. The van der Waals surface area contributed by atoms with Gasteiger partial charge >= 0.3 is 0 Å². The van der Waals surface area contributed by atoms with Gasteiger partial charge in [0.05, 0.1) is 12.2 Å². The van der Waals surface area contributed by atoms with Gasteiger partial charge in [0.25, 0.3) is 0 Å². The van der Waals surface area contributed by atoms with Crippen LogP contribution in [0.5, 0.6) is 0 Å². The lowest BCUT2D eigenvalue weighted by molar-refractivity contribution is -0.144. The Morgan fingerprint density at radius 3 is 2.36 bits per heavy atom. The smallest absolute Gasteiger partial charge is 0.226 e. The standard InChI is InChI=1S/C18H27NO3/c1-11-9-19(10-12(2)21-11)17(20)14-8-13(14)15-6-7-16(22-15)18(3,4)5/h6-7,11-14H,8-10H2,1-5H3/t11?,12?,13-,14+/m0/s1. The van der Waals surface area contributed by atoms with Crippen LogP contribution >= 0.6 is 0 Å². The van der Waals surface area contributed by atoms with Gasteiger partial charge in [0.1, 0.15) is 11.5 Å². The van der Waals surface area contributed by atoms with Gasteiger partial charge in [0.15, 0.2) is 0 Å². The van der Waals surface area contributed by atoms with E-state index in [2.05, 4.69) is 20.8 Å². The average molecular weight is 305 g/mol. The minimum absolute atomic E-state index is 0.0156. The number of morpholine rings is 1. The largest absolute Gasteiger partial charge is 0.465 e. The third-order valence-electron chi connectivity index (χ3n) is 4.57. The van der Waals surface area contributed by atoms with Gasteiger partial charge in [0.2, 0.25) is 5.91 Å². The minimum atomic E-state index is 0.0156. The molecule has 22 heavy (non-hydrogen) atoms. The van der Waals surface area contributed by atoms with Crippen LogP contribution in [-0.2, 0) is 14.9 Å². The molecule has 0 N–H and O–H groups in total. The molecule has 2 heterocycles. The van der Waals surface area contributed by atoms with Crippen molar-refractivity contribution in [2.75, 3.05) is 13.1 Å². The van der Waals surface area contributed by atoms with Gasteiger partial charge in [-0.15, -0.1) is 0 Å². The number of ether oxygens (including phenoxy) is 1. The molecule has 1 aromatic heterocycles. The first-order chi connectivity index (χ1) is 10.3. The molecule has 0 spiro atoms. The molecule has 1 amide bonds. The van der Waals surface area contributed by atoms with E-state index in [1.54, 1.807) is 0 Å². The van der Waals surface area contributed by atoms with Gasteiger partial charge in [-0.05, 0) is 32.4 Å². The predicted octanol–water partition coefficient (Wildman–Crippen LogP) is 3.32. The minimum Gasteiger partial charge on any atom is -0.465 e. The summed E-state index contributed by atoms with van der Waals surface area (Å²) in [5, 5.41) is 0. The molecule has 3 rings (SSSR count). The first-order valence-corrected chi connectivity index (χ1v) is 8.30. The molecule has 0 aromatic carbocycles. The summed E-state index contributed by atoms with van der Waals surface area (Å²) in [5.41, 5.74) is 0.0156. The molecule has 4 nitrogen and oxygen atoms in total. The highest BCUT2D eigenvalue weighted by Crippen LogP contribution is 2.49. The van der Waals surface area contributed by atoms with E-state index < -0.39 is 0 Å². The van der Waals surface area contributed by atoms with Crippen molar-refractivity contribution >= 4 is 5.91 Å². The van der Waals surface area contributed by atoms with Crippen LogP contribution in [-0.4, -0.2) is 36.1 Å². The van der Waals surface area contributed by atoms with E-state index in [1.807, 2.05) is 30.9 Å². The van der Waals surface area contributed by atoms with E-state index in [0.717, 1.165) is 17.9 Å². The molecule has 0 bridgehead atoms. The Hall–Kier alpha value is -1.29.